The second kappa shape index (κ2) is 7.27. The molecule has 1 aromatic carbocycles. The summed E-state index contributed by atoms with van der Waals surface area (Å²) in [5.74, 6) is -0.227. The first-order chi connectivity index (χ1) is 14.2. The van der Waals surface area contributed by atoms with Crippen molar-refractivity contribution in [3.05, 3.63) is 64.4 Å². The largest absolute Gasteiger partial charge is 0.388 e. The number of anilines is 1. The number of aromatic amines is 1. The number of hydrogen-bond acceptors (Lipinski definition) is 6. The summed E-state index contributed by atoms with van der Waals surface area (Å²) in [6.07, 6.45) is 4.41. The van der Waals surface area contributed by atoms with Crippen LogP contribution < -0.4 is 10.2 Å². The zero-order valence-corrected chi connectivity index (χ0v) is 16.8. The van der Waals surface area contributed by atoms with E-state index in [4.69, 9.17) is 0 Å². The number of aromatic nitrogens is 3. The predicted molar refractivity (Wildman–Crippen MR) is 111 cm³/mol. The summed E-state index contributed by atoms with van der Waals surface area (Å²) in [7, 11) is 0. The minimum atomic E-state index is -0.865. The molecule has 2 aromatic heterocycles. The molecular formula is C21H23N5O2S. The molecule has 0 saturated carbocycles. The Bertz CT molecular complexity index is 1000. The third kappa shape index (κ3) is 3.12. The van der Waals surface area contributed by atoms with Crippen molar-refractivity contribution in [1.82, 2.24) is 20.5 Å². The number of rotatable bonds is 4. The molecule has 0 bridgehead atoms. The first kappa shape index (κ1) is 18.3. The van der Waals surface area contributed by atoms with Crippen molar-refractivity contribution >= 4 is 22.4 Å². The number of nitrogens with one attached hydrogen (secondary N) is 2. The van der Waals surface area contributed by atoms with Gasteiger partial charge in [0, 0.05) is 35.9 Å². The van der Waals surface area contributed by atoms with Crippen LogP contribution in [0.25, 0.3) is 0 Å². The molecule has 8 heteroatoms. The van der Waals surface area contributed by atoms with Crippen molar-refractivity contribution in [2.45, 2.75) is 37.3 Å². The number of aryl methyl sites for hydroxylation is 1. The highest BCUT2D eigenvalue weighted by Gasteiger charge is 2.46. The lowest BCUT2D eigenvalue weighted by Crippen LogP contribution is -2.62. The van der Waals surface area contributed by atoms with E-state index in [1.165, 1.54) is 0 Å². The molecule has 1 aliphatic heterocycles. The summed E-state index contributed by atoms with van der Waals surface area (Å²) in [6, 6.07) is 9.76. The van der Waals surface area contributed by atoms with Crippen LogP contribution in [-0.4, -0.2) is 45.4 Å². The summed E-state index contributed by atoms with van der Waals surface area (Å²) < 4.78 is 0. The topological polar surface area (TPSA) is 94.1 Å². The third-order valence-electron chi connectivity index (χ3n) is 6.07. The summed E-state index contributed by atoms with van der Waals surface area (Å²) in [4.78, 5) is 19.7. The van der Waals surface area contributed by atoms with Crippen LogP contribution in [0, 0.1) is 0 Å². The minimum Gasteiger partial charge on any atom is -0.388 e. The maximum Gasteiger partial charge on any atom is 0.272 e. The number of carbonyl (C=O) groups excluding carboxylic acids is 1. The van der Waals surface area contributed by atoms with E-state index < -0.39 is 11.6 Å². The number of nitrogens with zero attached hydrogens (tertiary/aromatic N) is 3. The van der Waals surface area contributed by atoms with Crippen molar-refractivity contribution < 1.29 is 9.90 Å². The Kier molecular flexibility index (Phi) is 4.60. The molecule has 1 aliphatic carbocycles. The molecule has 29 heavy (non-hydrogen) atoms. The van der Waals surface area contributed by atoms with Crippen molar-refractivity contribution in [3.63, 3.8) is 0 Å². The smallest absolute Gasteiger partial charge is 0.272 e. The van der Waals surface area contributed by atoms with E-state index in [0.717, 1.165) is 41.2 Å². The number of piperidine rings is 1. The number of β-amino-alcohol motifs (C(OH)–C–C–N with tert-alkyl or cyclic N) is 1. The monoisotopic (exact) mass is 409 g/mol. The summed E-state index contributed by atoms with van der Waals surface area (Å²) in [5.41, 5.74) is 2.58. The molecule has 3 heterocycles. The SMILES string of the molecule is O=C(N[C@]1(c2ccccc2)CCN(c2nccs2)C[C@H]1O)c1n[nH]c2c1CCC2. The van der Waals surface area contributed by atoms with Gasteiger partial charge in [0.05, 0.1) is 11.6 Å². The van der Waals surface area contributed by atoms with Crippen LogP contribution in [0.15, 0.2) is 41.9 Å². The van der Waals surface area contributed by atoms with Crippen LogP contribution >= 0.6 is 11.3 Å². The molecule has 1 fully saturated rings. The predicted octanol–water partition coefficient (Wildman–Crippen LogP) is 2.25. The molecule has 7 nitrogen and oxygen atoms in total. The van der Waals surface area contributed by atoms with Gasteiger partial charge in [-0.1, -0.05) is 30.3 Å². The van der Waals surface area contributed by atoms with Crippen molar-refractivity contribution in [1.29, 1.82) is 0 Å². The van der Waals surface area contributed by atoms with E-state index in [2.05, 4.69) is 25.4 Å². The molecule has 3 aromatic rings. The van der Waals surface area contributed by atoms with Gasteiger partial charge < -0.3 is 15.3 Å². The van der Waals surface area contributed by atoms with Crippen LogP contribution in [0.4, 0.5) is 5.13 Å². The fraction of sp³-hybridized carbons (Fsp3) is 0.381. The van der Waals surface area contributed by atoms with E-state index >= 15 is 0 Å². The molecule has 150 valence electrons. The number of amides is 1. The Morgan fingerprint density at radius 2 is 2.17 bits per heavy atom. The van der Waals surface area contributed by atoms with Gasteiger partial charge in [0.25, 0.3) is 5.91 Å². The molecule has 3 N–H and O–H groups in total. The lowest BCUT2D eigenvalue weighted by atomic mass is 9.78. The quantitative estimate of drug-likeness (QED) is 0.615. The first-order valence-corrected chi connectivity index (χ1v) is 10.8. The Morgan fingerprint density at radius 3 is 2.93 bits per heavy atom. The van der Waals surface area contributed by atoms with E-state index in [-0.39, 0.29) is 5.91 Å². The average molecular weight is 410 g/mol. The number of fused-ring (bicyclic) bond motifs is 1. The van der Waals surface area contributed by atoms with Gasteiger partial charge in [-0.05, 0) is 31.2 Å². The van der Waals surface area contributed by atoms with Gasteiger partial charge in [-0.2, -0.15) is 5.10 Å². The maximum atomic E-state index is 13.2. The average Bonchev–Trinajstić information content (AvgIpc) is 3.48. The van der Waals surface area contributed by atoms with Gasteiger partial charge in [0.15, 0.2) is 10.8 Å². The third-order valence-corrected chi connectivity index (χ3v) is 6.91. The Morgan fingerprint density at radius 1 is 1.31 bits per heavy atom. The molecular weight excluding hydrogens is 386 g/mol. The second-order valence-corrected chi connectivity index (χ2v) is 8.57. The van der Waals surface area contributed by atoms with Gasteiger partial charge in [0.2, 0.25) is 0 Å². The zero-order valence-electron chi connectivity index (χ0n) is 16.0. The van der Waals surface area contributed by atoms with Gasteiger partial charge >= 0.3 is 0 Å². The lowest BCUT2D eigenvalue weighted by Gasteiger charge is -2.46. The number of aliphatic hydroxyl groups excluding tert-OH is 1. The normalized spacial score (nSPS) is 23.8. The van der Waals surface area contributed by atoms with E-state index in [1.807, 2.05) is 35.7 Å². The van der Waals surface area contributed by atoms with Crippen molar-refractivity contribution in [3.8, 4) is 0 Å². The summed E-state index contributed by atoms with van der Waals surface area (Å²) >= 11 is 1.56. The Balaban J connectivity index is 1.46. The number of thiazole rings is 1. The fourth-order valence-corrected chi connectivity index (χ4v) is 5.22. The highest BCUT2D eigenvalue weighted by molar-refractivity contribution is 7.13. The molecule has 0 radical (unpaired) electrons. The van der Waals surface area contributed by atoms with Crippen LogP contribution in [-0.2, 0) is 18.4 Å². The number of H-pyrrole nitrogens is 1. The van der Waals surface area contributed by atoms with Crippen LogP contribution in [0.1, 0.15) is 40.2 Å². The molecule has 2 aliphatic rings. The second-order valence-electron chi connectivity index (χ2n) is 7.70. The number of aliphatic hydroxyl groups is 1. The molecule has 2 atom stereocenters. The van der Waals surface area contributed by atoms with Gasteiger partial charge in [-0.15, -0.1) is 11.3 Å². The van der Waals surface area contributed by atoms with Gasteiger partial charge in [-0.25, -0.2) is 4.98 Å². The number of benzene rings is 1. The van der Waals surface area contributed by atoms with E-state index in [1.54, 1.807) is 17.5 Å². The lowest BCUT2D eigenvalue weighted by molar-refractivity contribution is 0.0363. The Hall–Kier alpha value is -2.71. The van der Waals surface area contributed by atoms with E-state index in [0.29, 0.717) is 25.2 Å². The van der Waals surface area contributed by atoms with Crippen LogP contribution in [0.5, 0.6) is 0 Å². The highest BCUT2D eigenvalue weighted by Crippen LogP contribution is 2.36. The molecule has 5 rings (SSSR count). The molecule has 0 spiro atoms. The van der Waals surface area contributed by atoms with Crippen molar-refractivity contribution in [2.24, 2.45) is 0 Å². The zero-order chi connectivity index (χ0) is 19.8. The maximum absolute atomic E-state index is 13.2. The van der Waals surface area contributed by atoms with Crippen molar-refractivity contribution in [2.75, 3.05) is 18.0 Å². The molecule has 1 amide bonds. The number of hydrogen-bond donors (Lipinski definition) is 3. The van der Waals surface area contributed by atoms with Gasteiger partial charge in [-0.3, -0.25) is 9.89 Å². The van der Waals surface area contributed by atoms with Gasteiger partial charge in [0.1, 0.15) is 0 Å². The highest BCUT2D eigenvalue weighted by atomic mass is 32.1. The fourth-order valence-electron chi connectivity index (χ4n) is 4.54. The Labute approximate surface area is 172 Å². The number of carbonyl (C=O) groups is 1. The van der Waals surface area contributed by atoms with E-state index in [9.17, 15) is 9.90 Å². The van der Waals surface area contributed by atoms with Crippen LogP contribution in [0.3, 0.4) is 0 Å². The minimum absolute atomic E-state index is 0.227. The molecule has 0 unspecified atom stereocenters. The van der Waals surface area contributed by atoms with Crippen LogP contribution in [0.2, 0.25) is 0 Å². The standard InChI is InChI=1S/C21H23N5O2S/c27-17-13-26(20-22-10-12-29-20)11-9-21(17,14-5-2-1-3-6-14)23-19(28)18-15-7-4-8-16(15)24-25-18/h1-3,5-6,10,12,17,27H,4,7-9,11,13H2,(H,23,28)(H,24,25)/t17-,21+/m1/s1. The summed E-state index contributed by atoms with van der Waals surface area (Å²) in [6.45, 7) is 1.10. The first-order valence-electron chi connectivity index (χ1n) is 9.94. The molecule has 1 saturated heterocycles. The summed E-state index contributed by atoms with van der Waals surface area (Å²) in [5, 5.41) is 24.6.